The van der Waals surface area contributed by atoms with Gasteiger partial charge in [-0.1, -0.05) is 20.8 Å². The molecule has 0 saturated heterocycles. The zero-order valence-electron chi connectivity index (χ0n) is 11.3. The first kappa shape index (κ1) is 14.8. The summed E-state index contributed by atoms with van der Waals surface area (Å²) in [7, 11) is -1.24. The summed E-state index contributed by atoms with van der Waals surface area (Å²) in [4.78, 5) is 11.7. The molecule has 0 radical (unpaired) electrons. The van der Waals surface area contributed by atoms with E-state index >= 15 is 0 Å². The molecule has 18 heavy (non-hydrogen) atoms. The smallest absolute Gasteiger partial charge is 0.240 e. The molecule has 6 nitrogen and oxygen atoms in total. The summed E-state index contributed by atoms with van der Waals surface area (Å²) in [5.41, 5.74) is 0.194. The standard InChI is InChI=1S/C11H20N4O2S/c1-11(2,3)5-6-12-9(16)7-15-8-13-14-10(15)18(4)17/h8H,5-7H2,1-4H3,(H,12,16). The van der Waals surface area contributed by atoms with E-state index in [1.54, 1.807) is 0 Å². The normalized spacial score (nSPS) is 13.3. The minimum atomic E-state index is -1.24. The fourth-order valence-electron chi connectivity index (χ4n) is 1.36. The van der Waals surface area contributed by atoms with Gasteiger partial charge in [0.15, 0.2) is 0 Å². The van der Waals surface area contributed by atoms with Crippen molar-refractivity contribution >= 4 is 16.7 Å². The van der Waals surface area contributed by atoms with Gasteiger partial charge < -0.3 is 5.32 Å². The lowest BCUT2D eigenvalue weighted by atomic mass is 9.92. The summed E-state index contributed by atoms with van der Waals surface area (Å²) in [5, 5.41) is 10.5. The Balaban J connectivity index is 2.45. The highest BCUT2D eigenvalue weighted by Crippen LogP contribution is 2.16. The topological polar surface area (TPSA) is 76.9 Å². The molecule has 1 atom stereocenters. The third kappa shape index (κ3) is 4.95. The van der Waals surface area contributed by atoms with Gasteiger partial charge in [0.2, 0.25) is 11.1 Å². The molecular weight excluding hydrogens is 252 g/mol. The molecule has 1 unspecified atom stereocenters. The van der Waals surface area contributed by atoms with Crippen molar-refractivity contribution in [1.29, 1.82) is 0 Å². The first-order valence-corrected chi connectivity index (χ1v) is 7.33. The molecule has 1 N–H and O–H groups in total. The van der Waals surface area contributed by atoms with E-state index in [1.807, 2.05) is 0 Å². The van der Waals surface area contributed by atoms with Crippen molar-refractivity contribution in [3.63, 3.8) is 0 Å². The molecule has 1 heterocycles. The van der Waals surface area contributed by atoms with Gasteiger partial charge in [-0.25, -0.2) is 0 Å². The van der Waals surface area contributed by atoms with Crippen molar-refractivity contribution in [1.82, 2.24) is 20.1 Å². The quantitative estimate of drug-likeness (QED) is 0.850. The average molecular weight is 272 g/mol. The summed E-state index contributed by atoms with van der Waals surface area (Å²) in [6.45, 7) is 7.10. The van der Waals surface area contributed by atoms with Crippen LogP contribution < -0.4 is 5.32 Å². The third-order valence-electron chi connectivity index (χ3n) is 2.35. The minimum Gasteiger partial charge on any atom is -0.355 e. The second-order valence-corrected chi connectivity index (χ2v) is 6.63. The van der Waals surface area contributed by atoms with Crippen molar-refractivity contribution in [2.75, 3.05) is 12.8 Å². The summed E-state index contributed by atoms with van der Waals surface area (Å²) in [6.07, 6.45) is 3.84. The van der Waals surface area contributed by atoms with Crippen LogP contribution in [0.2, 0.25) is 0 Å². The van der Waals surface area contributed by atoms with Crippen molar-refractivity contribution in [2.45, 2.75) is 38.9 Å². The molecule has 0 spiro atoms. The van der Waals surface area contributed by atoms with Crippen LogP contribution >= 0.6 is 0 Å². The van der Waals surface area contributed by atoms with Crippen LogP contribution in [0.25, 0.3) is 0 Å². The summed E-state index contributed by atoms with van der Waals surface area (Å²) in [6, 6.07) is 0. The maximum Gasteiger partial charge on any atom is 0.240 e. The largest absolute Gasteiger partial charge is 0.355 e. The predicted octanol–water partition coefficient (Wildman–Crippen LogP) is 0.568. The van der Waals surface area contributed by atoms with E-state index in [1.165, 1.54) is 17.2 Å². The molecule has 1 amide bonds. The lowest BCUT2D eigenvalue weighted by Gasteiger charge is -2.18. The summed E-state index contributed by atoms with van der Waals surface area (Å²) < 4.78 is 12.8. The number of nitrogens with zero attached hydrogens (tertiary/aromatic N) is 3. The zero-order chi connectivity index (χ0) is 13.8. The fourth-order valence-corrected chi connectivity index (χ4v) is 1.97. The van der Waals surface area contributed by atoms with Crippen LogP contribution in [0.5, 0.6) is 0 Å². The molecule has 7 heteroatoms. The first-order chi connectivity index (χ1) is 8.29. The molecule has 0 aliphatic carbocycles. The highest BCUT2D eigenvalue weighted by atomic mass is 32.2. The lowest BCUT2D eigenvalue weighted by molar-refractivity contribution is -0.121. The first-order valence-electron chi connectivity index (χ1n) is 5.77. The maximum absolute atomic E-state index is 11.7. The summed E-state index contributed by atoms with van der Waals surface area (Å²) in [5.74, 6) is -0.120. The van der Waals surface area contributed by atoms with Crippen LogP contribution in [-0.2, 0) is 22.1 Å². The van der Waals surface area contributed by atoms with E-state index in [-0.39, 0.29) is 17.9 Å². The van der Waals surface area contributed by atoms with Gasteiger partial charge in [0.25, 0.3) is 0 Å². The number of hydrogen-bond acceptors (Lipinski definition) is 4. The van der Waals surface area contributed by atoms with E-state index in [4.69, 9.17) is 0 Å². The molecule has 102 valence electrons. The Labute approximate surface area is 110 Å². The molecule has 0 aromatic carbocycles. The minimum absolute atomic E-state index is 0.103. The molecule has 0 aliphatic heterocycles. The second kappa shape index (κ2) is 6.08. The zero-order valence-corrected chi connectivity index (χ0v) is 12.1. The maximum atomic E-state index is 11.7. The number of rotatable bonds is 5. The van der Waals surface area contributed by atoms with E-state index in [0.29, 0.717) is 11.7 Å². The van der Waals surface area contributed by atoms with Crippen molar-refractivity contribution in [2.24, 2.45) is 5.41 Å². The van der Waals surface area contributed by atoms with Gasteiger partial charge in [0.05, 0.1) is 10.8 Å². The van der Waals surface area contributed by atoms with E-state index in [0.717, 1.165) is 6.42 Å². The van der Waals surface area contributed by atoms with Crippen LogP contribution in [0, 0.1) is 5.41 Å². The van der Waals surface area contributed by atoms with Crippen molar-refractivity contribution < 1.29 is 9.00 Å². The molecule has 1 aromatic heterocycles. The molecule has 1 rings (SSSR count). The summed E-state index contributed by atoms with van der Waals surface area (Å²) >= 11 is 0. The number of amides is 1. The number of carbonyl (C=O) groups excluding carboxylic acids is 1. The van der Waals surface area contributed by atoms with Gasteiger partial charge in [0.1, 0.15) is 12.9 Å². The van der Waals surface area contributed by atoms with Gasteiger partial charge in [-0.15, -0.1) is 10.2 Å². The Morgan fingerprint density at radius 1 is 1.50 bits per heavy atom. The second-order valence-electron chi connectivity index (χ2n) is 5.36. The van der Waals surface area contributed by atoms with E-state index in [9.17, 15) is 9.00 Å². The van der Waals surface area contributed by atoms with Crippen LogP contribution in [0.3, 0.4) is 0 Å². The number of hydrogen-bond donors (Lipinski definition) is 1. The molecule has 0 fully saturated rings. The van der Waals surface area contributed by atoms with Crippen LogP contribution in [0.1, 0.15) is 27.2 Å². The Morgan fingerprint density at radius 3 is 2.72 bits per heavy atom. The number of carbonyl (C=O) groups is 1. The lowest BCUT2D eigenvalue weighted by Crippen LogP contribution is -2.30. The van der Waals surface area contributed by atoms with Gasteiger partial charge >= 0.3 is 0 Å². The molecule has 0 bridgehead atoms. The number of nitrogens with one attached hydrogen (secondary N) is 1. The van der Waals surface area contributed by atoms with Gasteiger partial charge in [-0.2, -0.15) is 0 Å². The van der Waals surface area contributed by atoms with Crippen LogP contribution in [0.15, 0.2) is 11.5 Å². The third-order valence-corrected chi connectivity index (χ3v) is 3.18. The molecule has 0 aliphatic rings. The fraction of sp³-hybridized carbons (Fsp3) is 0.727. The van der Waals surface area contributed by atoms with Crippen LogP contribution in [0.4, 0.5) is 0 Å². The molecule has 0 saturated carbocycles. The monoisotopic (exact) mass is 272 g/mol. The Bertz CT molecular complexity index is 436. The highest BCUT2D eigenvalue weighted by Gasteiger charge is 2.13. The Kier molecular flexibility index (Phi) is 5.01. The SMILES string of the molecule is CS(=O)c1nncn1CC(=O)NCCC(C)(C)C. The Morgan fingerprint density at radius 2 is 2.17 bits per heavy atom. The predicted molar refractivity (Wildman–Crippen MR) is 69.4 cm³/mol. The van der Waals surface area contributed by atoms with Crippen LogP contribution in [-0.4, -0.2) is 37.7 Å². The average Bonchev–Trinajstić information content (AvgIpc) is 2.63. The highest BCUT2D eigenvalue weighted by molar-refractivity contribution is 7.84. The van der Waals surface area contributed by atoms with Crippen molar-refractivity contribution in [3.8, 4) is 0 Å². The van der Waals surface area contributed by atoms with Gasteiger partial charge in [0, 0.05) is 12.8 Å². The van der Waals surface area contributed by atoms with Gasteiger partial charge in [-0.05, 0) is 11.8 Å². The van der Waals surface area contributed by atoms with Crippen molar-refractivity contribution in [3.05, 3.63) is 6.33 Å². The molecular formula is C11H20N4O2S. The van der Waals surface area contributed by atoms with E-state index < -0.39 is 10.8 Å². The van der Waals surface area contributed by atoms with E-state index in [2.05, 4.69) is 36.3 Å². The molecule has 1 aromatic rings. The van der Waals surface area contributed by atoms with Gasteiger partial charge in [-0.3, -0.25) is 13.6 Å². The number of aromatic nitrogens is 3. The Hall–Kier alpha value is -1.24.